The highest BCUT2D eigenvalue weighted by Crippen LogP contribution is 2.34. The van der Waals surface area contributed by atoms with E-state index in [4.69, 9.17) is 0 Å². The van der Waals surface area contributed by atoms with E-state index in [0.717, 1.165) is 5.92 Å². The van der Waals surface area contributed by atoms with Crippen LogP contribution in [0.15, 0.2) is 0 Å². The van der Waals surface area contributed by atoms with Crippen LogP contribution in [0.25, 0.3) is 0 Å². The fourth-order valence-electron chi connectivity index (χ4n) is 3.67. The fourth-order valence-corrected chi connectivity index (χ4v) is 3.67. The molecule has 2 heterocycles. The molecule has 2 heteroatoms. The van der Waals surface area contributed by atoms with Crippen LogP contribution in [-0.4, -0.2) is 36.6 Å². The molecule has 2 aliphatic rings. The third-order valence-corrected chi connectivity index (χ3v) is 4.35. The van der Waals surface area contributed by atoms with Gasteiger partial charge in [0.05, 0.1) is 0 Å². The van der Waals surface area contributed by atoms with Gasteiger partial charge >= 0.3 is 0 Å². The second-order valence-electron chi connectivity index (χ2n) is 6.12. The molecule has 0 aromatic heterocycles. The minimum absolute atomic E-state index is 0.542. The lowest BCUT2D eigenvalue weighted by Crippen LogP contribution is -2.56. The Morgan fingerprint density at radius 3 is 2.25 bits per heavy atom. The minimum Gasteiger partial charge on any atom is -0.317 e. The van der Waals surface area contributed by atoms with Crippen molar-refractivity contribution in [3.8, 4) is 0 Å². The van der Waals surface area contributed by atoms with Gasteiger partial charge in [-0.05, 0) is 64.2 Å². The third kappa shape index (κ3) is 2.78. The summed E-state index contributed by atoms with van der Waals surface area (Å²) in [6, 6.07) is 0. The van der Waals surface area contributed by atoms with Gasteiger partial charge in [0.15, 0.2) is 0 Å². The summed E-state index contributed by atoms with van der Waals surface area (Å²) in [4.78, 5) is 2.83. The van der Waals surface area contributed by atoms with Crippen LogP contribution in [0, 0.1) is 5.92 Å². The van der Waals surface area contributed by atoms with Crippen molar-refractivity contribution in [1.29, 1.82) is 0 Å². The van der Waals surface area contributed by atoms with Crippen LogP contribution in [0.2, 0.25) is 0 Å². The van der Waals surface area contributed by atoms with E-state index in [1.807, 2.05) is 0 Å². The highest BCUT2D eigenvalue weighted by molar-refractivity contribution is 4.96. The molecule has 2 rings (SSSR count). The molecule has 2 aliphatic heterocycles. The molecule has 2 fully saturated rings. The zero-order valence-electron chi connectivity index (χ0n) is 11.1. The standard InChI is InChI=1S/C14H28N2/c1-13(2)12-14(6-8-15-9-7-14)16-10-4-3-5-11-16/h13,15H,3-12H2,1-2H3. The number of nitrogens with zero attached hydrogens (tertiary/aromatic N) is 1. The first-order chi connectivity index (χ1) is 7.73. The number of hydrogen-bond donors (Lipinski definition) is 1. The van der Waals surface area contributed by atoms with Gasteiger partial charge in [-0.15, -0.1) is 0 Å². The summed E-state index contributed by atoms with van der Waals surface area (Å²) >= 11 is 0. The molecule has 0 saturated carbocycles. The van der Waals surface area contributed by atoms with Gasteiger partial charge in [-0.1, -0.05) is 20.3 Å². The van der Waals surface area contributed by atoms with Gasteiger partial charge in [0, 0.05) is 5.54 Å². The lowest BCUT2D eigenvalue weighted by atomic mass is 9.78. The number of piperidine rings is 2. The van der Waals surface area contributed by atoms with Crippen LogP contribution in [-0.2, 0) is 0 Å². The van der Waals surface area contributed by atoms with Gasteiger partial charge < -0.3 is 5.32 Å². The molecule has 2 saturated heterocycles. The minimum atomic E-state index is 0.542. The SMILES string of the molecule is CC(C)CC1(N2CCCCC2)CCNCC1. The smallest absolute Gasteiger partial charge is 0.0236 e. The van der Waals surface area contributed by atoms with Crippen LogP contribution in [0.4, 0.5) is 0 Å². The van der Waals surface area contributed by atoms with Gasteiger partial charge in [0.25, 0.3) is 0 Å². The van der Waals surface area contributed by atoms with Crippen molar-refractivity contribution >= 4 is 0 Å². The Morgan fingerprint density at radius 1 is 1.06 bits per heavy atom. The Kier molecular flexibility index (Phi) is 4.26. The van der Waals surface area contributed by atoms with Crippen molar-refractivity contribution in [3.05, 3.63) is 0 Å². The van der Waals surface area contributed by atoms with Gasteiger partial charge in [-0.3, -0.25) is 4.90 Å². The summed E-state index contributed by atoms with van der Waals surface area (Å²) < 4.78 is 0. The molecule has 0 aromatic carbocycles. The van der Waals surface area contributed by atoms with Crippen LogP contribution in [0.3, 0.4) is 0 Å². The molecular weight excluding hydrogens is 196 g/mol. The Morgan fingerprint density at radius 2 is 1.69 bits per heavy atom. The van der Waals surface area contributed by atoms with E-state index in [-0.39, 0.29) is 0 Å². The lowest BCUT2D eigenvalue weighted by Gasteiger charge is -2.49. The highest BCUT2D eigenvalue weighted by atomic mass is 15.2. The number of rotatable bonds is 3. The maximum Gasteiger partial charge on any atom is 0.0236 e. The quantitative estimate of drug-likeness (QED) is 0.793. The Hall–Kier alpha value is -0.0800. The van der Waals surface area contributed by atoms with Gasteiger partial charge in [0.1, 0.15) is 0 Å². The van der Waals surface area contributed by atoms with Gasteiger partial charge in [-0.25, -0.2) is 0 Å². The Labute approximate surface area is 101 Å². The van der Waals surface area contributed by atoms with Crippen LogP contribution >= 0.6 is 0 Å². The van der Waals surface area contributed by atoms with Crippen molar-refractivity contribution in [2.24, 2.45) is 5.92 Å². The summed E-state index contributed by atoms with van der Waals surface area (Å²) in [6.45, 7) is 9.92. The Balaban J connectivity index is 2.05. The van der Waals surface area contributed by atoms with E-state index in [1.165, 1.54) is 64.7 Å². The lowest BCUT2D eigenvalue weighted by molar-refractivity contribution is 0.0224. The van der Waals surface area contributed by atoms with Crippen molar-refractivity contribution in [2.45, 2.75) is 57.9 Å². The van der Waals surface area contributed by atoms with Crippen LogP contribution < -0.4 is 5.32 Å². The van der Waals surface area contributed by atoms with Gasteiger partial charge in [0.2, 0.25) is 0 Å². The van der Waals surface area contributed by atoms with Crippen LogP contribution in [0.5, 0.6) is 0 Å². The predicted molar refractivity (Wildman–Crippen MR) is 69.7 cm³/mol. The van der Waals surface area contributed by atoms with Gasteiger partial charge in [-0.2, -0.15) is 0 Å². The van der Waals surface area contributed by atoms with Crippen molar-refractivity contribution in [2.75, 3.05) is 26.2 Å². The average molecular weight is 224 g/mol. The maximum atomic E-state index is 3.53. The first-order valence-electron chi connectivity index (χ1n) is 7.19. The molecule has 2 nitrogen and oxygen atoms in total. The van der Waals surface area contributed by atoms with E-state index in [2.05, 4.69) is 24.1 Å². The second-order valence-corrected chi connectivity index (χ2v) is 6.12. The molecule has 94 valence electrons. The number of likely N-dealkylation sites (tertiary alicyclic amines) is 1. The molecular formula is C14H28N2. The predicted octanol–water partition coefficient (Wildman–Crippen LogP) is 2.64. The summed E-state index contributed by atoms with van der Waals surface area (Å²) in [5.74, 6) is 0.833. The summed E-state index contributed by atoms with van der Waals surface area (Å²) in [7, 11) is 0. The molecule has 1 N–H and O–H groups in total. The molecule has 0 aromatic rings. The number of hydrogen-bond acceptors (Lipinski definition) is 2. The first kappa shape index (κ1) is 12.4. The molecule has 0 spiro atoms. The normalized spacial score (nSPS) is 27.2. The van der Waals surface area contributed by atoms with Crippen molar-refractivity contribution in [1.82, 2.24) is 10.2 Å². The maximum absolute atomic E-state index is 3.53. The van der Waals surface area contributed by atoms with E-state index in [1.54, 1.807) is 0 Å². The number of nitrogens with one attached hydrogen (secondary N) is 1. The molecule has 16 heavy (non-hydrogen) atoms. The Bertz CT molecular complexity index is 201. The third-order valence-electron chi connectivity index (χ3n) is 4.35. The summed E-state index contributed by atoms with van der Waals surface area (Å²) in [5.41, 5.74) is 0.542. The van der Waals surface area contributed by atoms with Crippen LogP contribution in [0.1, 0.15) is 52.4 Å². The topological polar surface area (TPSA) is 15.3 Å². The largest absolute Gasteiger partial charge is 0.317 e. The van der Waals surface area contributed by atoms with E-state index in [9.17, 15) is 0 Å². The first-order valence-corrected chi connectivity index (χ1v) is 7.19. The molecule has 0 radical (unpaired) electrons. The second kappa shape index (κ2) is 5.50. The fraction of sp³-hybridized carbons (Fsp3) is 1.00. The molecule has 0 bridgehead atoms. The molecule has 0 atom stereocenters. The van der Waals surface area contributed by atoms with Crippen molar-refractivity contribution in [3.63, 3.8) is 0 Å². The summed E-state index contributed by atoms with van der Waals surface area (Å²) in [6.07, 6.45) is 8.43. The molecule has 0 amide bonds. The highest BCUT2D eigenvalue weighted by Gasteiger charge is 2.38. The zero-order valence-corrected chi connectivity index (χ0v) is 11.1. The zero-order chi connectivity index (χ0) is 11.4. The summed E-state index contributed by atoms with van der Waals surface area (Å²) in [5, 5.41) is 3.53. The monoisotopic (exact) mass is 224 g/mol. The molecule has 0 aliphatic carbocycles. The molecule has 0 unspecified atom stereocenters. The van der Waals surface area contributed by atoms with E-state index < -0.39 is 0 Å². The van der Waals surface area contributed by atoms with E-state index in [0.29, 0.717) is 5.54 Å². The van der Waals surface area contributed by atoms with E-state index >= 15 is 0 Å². The average Bonchev–Trinajstić information content (AvgIpc) is 2.30. The van der Waals surface area contributed by atoms with Crippen molar-refractivity contribution < 1.29 is 0 Å².